The average Bonchev–Trinajstić information content (AvgIpc) is 2.35. The van der Waals surface area contributed by atoms with E-state index < -0.39 is 5.97 Å². The number of urea groups is 1. The van der Waals surface area contributed by atoms with Gasteiger partial charge in [-0.05, 0) is 18.8 Å². The summed E-state index contributed by atoms with van der Waals surface area (Å²) in [7, 11) is 1.64. The van der Waals surface area contributed by atoms with Gasteiger partial charge in [-0.3, -0.25) is 4.79 Å². The number of amides is 2. The Balaban J connectivity index is 3.94. The highest BCUT2D eigenvalue weighted by atomic mass is 16.4. The van der Waals surface area contributed by atoms with Crippen LogP contribution < -0.4 is 5.32 Å². The lowest BCUT2D eigenvalue weighted by molar-refractivity contribution is -0.137. The Kier molecular flexibility index (Phi) is 9.33. The highest BCUT2D eigenvalue weighted by molar-refractivity contribution is 5.74. The number of carbonyl (C=O) groups excluding carboxylic acids is 1. The fraction of sp³-hybridized carbons (Fsp3) is 0.714. The van der Waals surface area contributed by atoms with Crippen molar-refractivity contribution in [2.75, 3.05) is 20.1 Å². The summed E-state index contributed by atoms with van der Waals surface area (Å²) in [5.74, 6) is 1.98. The number of carboxylic acid groups (broad SMARTS) is 1. The van der Waals surface area contributed by atoms with Crippen LogP contribution in [0.4, 0.5) is 4.79 Å². The molecule has 0 spiro atoms. The molecule has 19 heavy (non-hydrogen) atoms. The smallest absolute Gasteiger partial charge is 0.317 e. The lowest BCUT2D eigenvalue weighted by Crippen LogP contribution is -2.38. The van der Waals surface area contributed by atoms with Crippen LogP contribution in [-0.4, -0.2) is 42.1 Å². The molecular weight excluding hydrogens is 244 g/mol. The lowest BCUT2D eigenvalue weighted by atomic mass is 9.94. The quantitative estimate of drug-likeness (QED) is 0.628. The molecule has 0 radical (unpaired) electrons. The van der Waals surface area contributed by atoms with Crippen LogP contribution in [0.2, 0.25) is 0 Å². The van der Waals surface area contributed by atoms with Crippen LogP contribution in [-0.2, 0) is 4.79 Å². The predicted molar refractivity (Wildman–Crippen MR) is 74.7 cm³/mol. The minimum Gasteiger partial charge on any atom is -0.481 e. The summed E-state index contributed by atoms with van der Waals surface area (Å²) < 4.78 is 0. The summed E-state index contributed by atoms with van der Waals surface area (Å²) in [6, 6.07) is -0.188. The first-order valence-electron chi connectivity index (χ1n) is 6.65. The highest BCUT2D eigenvalue weighted by Gasteiger charge is 2.11. The van der Waals surface area contributed by atoms with Crippen molar-refractivity contribution >= 4 is 12.0 Å². The Hall–Kier alpha value is -1.70. The monoisotopic (exact) mass is 268 g/mol. The molecule has 5 heteroatoms. The molecular formula is C14H24N2O3. The van der Waals surface area contributed by atoms with Crippen molar-refractivity contribution in [2.24, 2.45) is 5.92 Å². The Morgan fingerprint density at radius 2 is 2.05 bits per heavy atom. The zero-order valence-corrected chi connectivity index (χ0v) is 11.8. The summed E-state index contributed by atoms with van der Waals surface area (Å²) in [5.41, 5.74) is 0. The van der Waals surface area contributed by atoms with Gasteiger partial charge in [-0.15, -0.1) is 6.42 Å². The van der Waals surface area contributed by atoms with Gasteiger partial charge in [-0.1, -0.05) is 25.7 Å². The molecule has 0 saturated heterocycles. The van der Waals surface area contributed by atoms with Gasteiger partial charge in [0, 0.05) is 20.0 Å². The van der Waals surface area contributed by atoms with Gasteiger partial charge in [0.05, 0.1) is 6.54 Å². The molecule has 0 saturated carbocycles. The maximum Gasteiger partial charge on any atom is 0.317 e. The normalized spacial score (nSPS) is 11.4. The average molecular weight is 268 g/mol. The van der Waals surface area contributed by atoms with Crippen molar-refractivity contribution in [1.29, 1.82) is 0 Å². The van der Waals surface area contributed by atoms with Crippen molar-refractivity contribution in [3.63, 3.8) is 0 Å². The van der Waals surface area contributed by atoms with Crippen LogP contribution in [0.3, 0.4) is 0 Å². The van der Waals surface area contributed by atoms with Crippen molar-refractivity contribution in [3.05, 3.63) is 0 Å². The van der Waals surface area contributed by atoms with Gasteiger partial charge in [0.1, 0.15) is 0 Å². The van der Waals surface area contributed by atoms with Crippen molar-refractivity contribution in [2.45, 2.75) is 39.0 Å². The molecule has 5 nitrogen and oxygen atoms in total. The molecule has 2 amide bonds. The van der Waals surface area contributed by atoms with Crippen LogP contribution in [0.5, 0.6) is 0 Å². The van der Waals surface area contributed by atoms with Gasteiger partial charge < -0.3 is 15.3 Å². The van der Waals surface area contributed by atoms with Crippen molar-refractivity contribution in [3.8, 4) is 12.3 Å². The van der Waals surface area contributed by atoms with Crippen LogP contribution in [0.15, 0.2) is 0 Å². The Labute approximate surface area is 115 Å². The summed E-state index contributed by atoms with van der Waals surface area (Å²) >= 11 is 0. The molecule has 0 aliphatic rings. The first kappa shape index (κ1) is 17.3. The SMILES string of the molecule is C#CCN(C)C(=O)NCCC(CCC)CCC(=O)O. The molecule has 0 heterocycles. The molecule has 0 fully saturated rings. The Morgan fingerprint density at radius 3 is 2.58 bits per heavy atom. The second-order valence-corrected chi connectivity index (χ2v) is 4.67. The van der Waals surface area contributed by atoms with E-state index in [1.807, 2.05) is 0 Å². The third-order valence-electron chi connectivity index (χ3n) is 2.97. The molecule has 2 N–H and O–H groups in total. The van der Waals surface area contributed by atoms with Crippen LogP contribution in [0.25, 0.3) is 0 Å². The predicted octanol–water partition coefficient (Wildman–Crippen LogP) is 1.93. The number of nitrogens with one attached hydrogen (secondary N) is 1. The maximum atomic E-state index is 11.6. The minimum atomic E-state index is -0.765. The van der Waals surface area contributed by atoms with Gasteiger partial charge in [0.15, 0.2) is 0 Å². The number of carbonyl (C=O) groups is 2. The van der Waals surface area contributed by atoms with Gasteiger partial charge in [0.25, 0.3) is 0 Å². The van der Waals surface area contributed by atoms with Gasteiger partial charge in [0.2, 0.25) is 0 Å². The third-order valence-corrected chi connectivity index (χ3v) is 2.97. The first-order valence-corrected chi connectivity index (χ1v) is 6.65. The Bertz CT molecular complexity index is 323. The number of carboxylic acids is 1. The second-order valence-electron chi connectivity index (χ2n) is 4.67. The number of terminal acetylenes is 1. The molecule has 1 unspecified atom stereocenters. The van der Waals surface area contributed by atoms with E-state index in [2.05, 4.69) is 18.2 Å². The highest BCUT2D eigenvalue weighted by Crippen LogP contribution is 2.17. The maximum absolute atomic E-state index is 11.6. The Morgan fingerprint density at radius 1 is 1.37 bits per heavy atom. The van der Waals surface area contributed by atoms with E-state index in [9.17, 15) is 9.59 Å². The molecule has 1 atom stereocenters. The topological polar surface area (TPSA) is 69.6 Å². The first-order chi connectivity index (χ1) is 9.01. The summed E-state index contributed by atoms with van der Waals surface area (Å²) in [6.45, 7) is 2.91. The fourth-order valence-corrected chi connectivity index (χ4v) is 1.90. The number of hydrogen-bond donors (Lipinski definition) is 2. The molecule has 0 aliphatic heterocycles. The number of nitrogens with zero attached hydrogens (tertiary/aromatic N) is 1. The van der Waals surface area contributed by atoms with Crippen LogP contribution in [0.1, 0.15) is 39.0 Å². The summed E-state index contributed by atoms with van der Waals surface area (Å²) in [5, 5.41) is 11.5. The minimum absolute atomic E-state index is 0.188. The van der Waals surface area contributed by atoms with Gasteiger partial charge in [-0.25, -0.2) is 4.79 Å². The fourth-order valence-electron chi connectivity index (χ4n) is 1.90. The zero-order valence-electron chi connectivity index (χ0n) is 11.8. The van der Waals surface area contributed by atoms with Gasteiger partial charge in [-0.2, -0.15) is 0 Å². The molecule has 0 aromatic carbocycles. The zero-order chi connectivity index (χ0) is 14.7. The standard InChI is InChI=1S/C14H24N2O3/c1-4-6-12(7-8-13(17)18)9-10-15-14(19)16(3)11-5-2/h2,12H,4,6-11H2,1,3H3,(H,15,19)(H,17,18). The van der Waals surface area contributed by atoms with Crippen molar-refractivity contribution in [1.82, 2.24) is 10.2 Å². The van der Waals surface area contributed by atoms with Crippen LogP contribution in [0, 0.1) is 18.3 Å². The lowest BCUT2D eigenvalue weighted by Gasteiger charge is -2.18. The van der Waals surface area contributed by atoms with Crippen molar-refractivity contribution < 1.29 is 14.7 Å². The van der Waals surface area contributed by atoms with E-state index in [1.165, 1.54) is 4.90 Å². The van der Waals surface area contributed by atoms with E-state index in [1.54, 1.807) is 7.05 Å². The molecule has 0 aromatic heterocycles. The summed E-state index contributed by atoms with van der Waals surface area (Å²) in [6.07, 6.45) is 8.80. The van der Waals surface area contributed by atoms with E-state index >= 15 is 0 Å². The second kappa shape index (κ2) is 10.2. The van der Waals surface area contributed by atoms with E-state index in [0.29, 0.717) is 18.9 Å². The summed E-state index contributed by atoms with van der Waals surface area (Å²) in [4.78, 5) is 23.6. The van der Waals surface area contributed by atoms with Crippen LogP contribution >= 0.6 is 0 Å². The molecule has 0 aliphatic carbocycles. The third kappa shape index (κ3) is 8.95. The number of rotatable bonds is 9. The van der Waals surface area contributed by atoms with E-state index in [-0.39, 0.29) is 19.0 Å². The number of hydrogen-bond acceptors (Lipinski definition) is 2. The van der Waals surface area contributed by atoms with Gasteiger partial charge >= 0.3 is 12.0 Å². The molecule has 0 aromatic rings. The molecule has 0 bridgehead atoms. The van der Waals surface area contributed by atoms with E-state index in [0.717, 1.165) is 19.3 Å². The van der Waals surface area contributed by atoms with E-state index in [4.69, 9.17) is 11.5 Å². The largest absolute Gasteiger partial charge is 0.481 e. The number of aliphatic carboxylic acids is 1. The molecule has 0 rings (SSSR count). The molecule has 108 valence electrons.